The molecule has 9 heteroatoms. The van der Waals surface area contributed by atoms with Crippen LogP contribution in [0.4, 0.5) is 5.69 Å². The Kier molecular flexibility index (Phi) is 8.94. The molecule has 3 N–H and O–H groups in total. The molecule has 1 fully saturated rings. The molecule has 1 aliphatic rings. The summed E-state index contributed by atoms with van der Waals surface area (Å²) in [6.45, 7) is 1.05. The average Bonchev–Trinajstić information content (AvgIpc) is 2.95. The van der Waals surface area contributed by atoms with Crippen molar-refractivity contribution in [2.75, 3.05) is 45.7 Å². The van der Waals surface area contributed by atoms with Gasteiger partial charge in [-0.05, 0) is 61.2 Å². The molecule has 1 aliphatic heterocycles. The molecule has 0 aliphatic carbocycles. The smallest absolute Gasteiger partial charge is 0.321 e. The van der Waals surface area contributed by atoms with Gasteiger partial charge < -0.3 is 25.4 Å². The number of benzene rings is 3. The Morgan fingerprint density at radius 3 is 2.38 bits per heavy atom. The summed E-state index contributed by atoms with van der Waals surface area (Å²) in [5.41, 5.74) is 3.77. The third-order valence-corrected chi connectivity index (χ3v) is 9.94. The molecule has 3 aromatic carbocycles. The third-order valence-electron chi connectivity index (χ3n) is 7.41. The average molecular weight is 552 g/mol. The molecular formula is C30H37N3O5S. The number of sulfone groups is 1. The van der Waals surface area contributed by atoms with Crippen molar-refractivity contribution in [2.24, 2.45) is 0 Å². The predicted octanol–water partition coefficient (Wildman–Crippen LogP) is 3.61. The van der Waals surface area contributed by atoms with Crippen molar-refractivity contribution in [1.29, 1.82) is 0 Å². The summed E-state index contributed by atoms with van der Waals surface area (Å²) in [6.07, 6.45) is 1.38. The summed E-state index contributed by atoms with van der Waals surface area (Å²) >= 11 is 0. The van der Waals surface area contributed by atoms with E-state index in [1.807, 2.05) is 61.5 Å². The quantitative estimate of drug-likeness (QED) is 0.332. The number of hydrogen-bond donors (Lipinski definition) is 3. The second kappa shape index (κ2) is 12.2. The normalized spacial score (nSPS) is 18.3. The summed E-state index contributed by atoms with van der Waals surface area (Å²) in [7, 11) is 1.88. The third kappa shape index (κ3) is 6.11. The molecule has 0 saturated carbocycles. The van der Waals surface area contributed by atoms with Gasteiger partial charge in [0.1, 0.15) is 16.5 Å². The molecule has 4 rings (SSSR count). The molecular weight excluding hydrogens is 514 g/mol. The number of methoxy groups -OCH3 is 1. The summed E-state index contributed by atoms with van der Waals surface area (Å²) in [6, 6.07) is 21.1. The fourth-order valence-electron chi connectivity index (χ4n) is 5.22. The summed E-state index contributed by atoms with van der Waals surface area (Å²) < 4.78 is 31.9. The molecule has 1 unspecified atom stereocenters. The topological polar surface area (TPSA) is 108 Å². The number of hydrogen-bond acceptors (Lipinski definition) is 7. The Morgan fingerprint density at radius 1 is 1.08 bits per heavy atom. The van der Waals surface area contributed by atoms with Crippen LogP contribution in [0.1, 0.15) is 18.4 Å². The van der Waals surface area contributed by atoms with E-state index in [2.05, 4.69) is 10.6 Å². The zero-order valence-electron chi connectivity index (χ0n) is 22.7. The summed E-state index contributed by atoms with van der Waals surface area (Å²) in [4.78, 5) is 14.5. The van der Waals surface area contributed by atoms with Gasteiger partial charge in [0.15, 0.2) is 9.84 Å². The Hall–Kier alpha value is -3.40. The maximum atomic E-state index is 13.7. The number of anilines is 1. The van der Waals surface area contributed by atoms with Crippen molar-refractivity contribution in [3.8, 4) is 16.9 Å². The van der Waals surface area contributed by atoms with Crippen LogP contribution < -0.4 is 20.3 Å². The van der Waals surface area contributed by atoms with E-state index in [1.165, 1.54) is 0 Å². The van der Waals surface area contributed by atoms with Crippen molar-refractivity contribution in [2.45, 2.75) is 34.9 Å². The van der Waals surface area contributed by atoms with Crippen molar-refractivity contribution >= 4 is 21.5 Å². The summed E-state index contributed by atoms with van der Waals surface area (Å²) in [5, 5.41) is 16.3. The first-order valence-corrected chi connectivity index (χ1v) is 14.6. The Balaban J connectivity index is 1.55. The van der Waals surface area contributed by atoms with Gasteiger partial charge in [-0.2, -0.15) is 0 Å². The lowest BCUT2D eigenvalue weighted by Gasteiger charge is -2.38. The van der Waals surface area contributed by atoms with Crippen LogP contribution in [-0.2, 0) is 21.1 Å². The van der Waals surface area contributed by atoms with E-state index in [0.717, 1.165) is 34.7 Å². The molecule has 0 bridgehead atoms. The molecule has 8 nitrogen and oxygen atoms in total. The Bertz CT molecular complexity index is 1370. The van der Waals surface area contributed by atoms with Gasteiger partial charge in [-0.1, -0.05) is 48.5 Å². The number of ether oxygens (including phenoxy) is 1. The number of rotatable bonds is 11. The lowest BCUT2D eigenvalue weighted by molar-refractivity contribution is -0.139. The van der Waals surface area contributed by atoms with E-state index in [9.17, 15) is 18.3 Å². The van der Waals surface area contributed by atoms with Crippen LogP contribution in [0.25, 0.3) is 11.1 Å². The van der Waals surface area contributed by atoms with Crippen LogP contribution in [-0.4, -0.2) is 71.1 Å². The lowest BCUT2D eigenvalue weighted by atomic mass is 9.96. The van der Waals surface area contributed by atoms with Crippen LogP contribution >= 0.6 is 0 Å². The van der Waals surface area contributed by atoms with Crippen LogP contribution in [0.2, 0.25) is 0 Å². The molecule has 0 aromatic heterocycles. The highest BCUT2D eigenvalue weighted by Crippen LogP contribution is 2.38. The predicted molar refractivity (Wildman–Crippen MR) is 154 cm³/mol. The van der Waals surface area contributed by atoms with Crippen molar-refractivity contribution in [1.82, 2.24) is 10.6 Å². The van der Waals surface area contributed by atoms with E-state index in [0.29, 0.717) is 12.8 Å². The van der Waals surface area contributed by atoms with Crippen LogP contribution in [0.15, 0.2) is 77.7 Å². The zero-order valence-corrected chi connectivity index (χ0v) is 23.5. The lowest BCUT2D eigenvalue weighted by Crippen LogP contribution is -2.59. The molecule has 0 spiro atoms. The van der Waals surface area contributed by atoms with E-state index >= 15 is 0 Å². The fourth-order valence-corrected chi connectivity index (χ4v) is 7.21. The van der Waals surface area contributed by atoms with E-state index in [1.54, 1.807) is 37.4 Å². The van der Waals surface area contributed by atoms with Gasteiger partial charge in [-0.25, -0.2) is 8.42 Å². The number of nitrogens with zero attached hydrogens (tertiary/aromatic N) is 1. The van der Waals surface area contributed by atoms with Gasteiger partial charge in [-0.15, -0.1) is 0 Å². The van der Waals surface area contributed by atoms with Crippen molar-refractivity contribution in [3.05, 3.63) is 78.4 Å². The van der Waals surface area contributed by atoms with Crippen molar-refractivity contribution in [3.63, 3.8) is 0 Å². The second-order valence-electron chi connectivity index (χ2n) is 10.2. The maximum absolute atomic E-state index is 13.7. The molecule has 1 saturated heterocycles. The largest absolute Gasteiger partial charge is 0.496 e. The maximum Gasteiger partial charge on any atom is 0.321 e. The van der Waals surface area contributed by atoms with Crippen LogP contribution in [0, 0.1) is 0 Å². The van der Waals surface area contributed by atoms with Gasteiger partial charge in [0, 0.05) is 38.4 Å². The first-order chi connectivity index (χ1) is 18.7. The highest BCUT2D eigenvalue weighted by atomic mass is 32.2. The van der Waals surface area contributed by atoms with Crippen molar-refractivity contribution < 1.29 is 23.1 Å². The Labute approximate surface area is 230 Å². The van der Waals surface area contributed by atoms with E-state index in [-0.39, 0.29) is 24.4 Å². The highest BCUT2D eigenvalue weighted by molar-refractivity contribution is 7.93. The molecule has 0 radical (unpaired) electrons. The fraction of sp³-hybridized carbons (Fsp3) is 0.367. The molecule has 1 heterocycles. The van der Waals surface area contributed by atoms with Gasteiger partial charge in [0.25, 0.3) is 0 Å². The molecule has 39 heavy (non-hydrogen) atoms. The molecule has 0 amide bonds. The van der Waals surface area contributed by atoms with Gasteiger partial charge in [0.2, 0.25) is 0 Å². The van der Waals surface area contributed by atoms with Gasteiger partial charge in [-0.3, -0.25) is 4.79 Å². The highest BCUT2D eigenvalue weighted by Gasteiger charge is 2.46. The second-order valence-corrected chi connectivity index (χ2v) is 12.5. The molecule has 208 valence electrons. The minimum absolute atomic E-state index is 0.0414. The number of nitrogens with one attached hydrogen (secondary N) is 2. The van der Waals surface area contributed by atoms with E-state index < -0.39 is 26.6 Å². The standard InChI is InChI=1S/C30H37N3O5S/c1-33(2)26-11-7-12-27(38-3)28(26)23-15-13-22(14-16-23)19-25(29(34)35)32-21-30(17-8-18-31-20-30)39(36,37)24-9-5-4-6-10-24/h4-7,9-16,25,31-32H,8,17-21H2,1-3H3,(H,34,35)/t25-,30?/m0/s1. The minimum atomic E-state index is -3.71. The number of piperidine rings is 1. The molecule has 3 aromatic rings. The van der Waals surface area contributed by atoms with E-state index in [4.69, 9.17) is 4.74 Å². The monoisotopic (exact) mass is 551 g/mol. The minimum Gasteiger partial charge on any atom is -0.496 e. The first-order valence-electron chi connectivity index (χ1n) is 13.1. The number of carboxylic acids is 1. The summed E-state index contributed by atoms with van der Waals surface area (Å²) in [5.74, 6) is -0.264. The van der Waals surface area contributed by atoms with Gasteiger partial charge in [0.05, 0.1) is 12.0 Å². The van der Waals surface area contributed by atoms with Gasteiger partial charge >= 0.3 is 5.97 Å². The van der Waals surface area contributed by atoms with Crippen LogP contribution in [0.5, 0.6) is 5.75 Å². The Morgan fingerprint density at radius 2 is 1.79 bits per heavy atom. The molecule has 2 atom stereocenters. The van der Waals surface area contributed by atoms with Crippen LogP contribution in [0.3, 0.4) is 0 Å². The number of carbonyl (C=O) groups is 1. The SMILES string of the molecule is COc1cccc(N(C)C)c1-c1ccc(C[C@H](NCC2(S(=O)(=O)c3ccccc3)CCCNC2)C(=O)O)cc1. The number of carboxylic acid groups (broad SMARTS) is 1. The zero-order chi connectivity index (χ0) is 28.0. The number of aliphatic carboxylic acids is 1. The first kappa shape index (κ1) is 28.6.